The van der Waals surface area contributed by atoms with Gasteiger partial charge in [0.15, 0.2) is 0 Å². The first-order chi connectivity index (χ1) is 13.4. The Balaban J connectivity index is 1.46. The van der Waals surface area contributed by atoms with Crippen LogP contribution in [-0.2, 0) is 4.79 Å². The summed E-state index contributed by atoms with van der Waals surface area (Å²) in [5.74, 6) is -0.566. The smallest absolute Gasteiger partial charge is 0.260 e. The van der Waals surface area contributed by atoms with Crippen LogP contribution in [0, 0.1) is 6.92 Å². The monoisotopic (exact) mass is 466 g/mol. The number of likely N-dealkylation sites (tertiary alicyclic amines) is 1. The van der Waals surface area contributed by atoms with Crippen molar-refractivity contribution < 1.29 is 14.0 Å². The summed E-state index contributed by atoms with van der Waals surface area (Å²) < 4.78 is 15.3. The Morgan fingerprint density at radius 1 is 1.36 bits per heavy atom. The van der Waals surface area contributed by atoms with Crippen LogP contribution in [0.3, 0.4) is 0 Å². The SMILES string of the molecule is Cc1ncc(NC(=O)CN2CC(F)C2)cc1NC(=O)c1cnn2cc(Br)sc12. The molecule has 1 aliphatic heterocycles. The fraction of sp³-hybridized carbons (Fsp3) is 0.294. The number of hydrogen-bond acceptors (Lipinski definition) is 6. The van der Waals surface area contributed by atoms with Gasteiger partial charge >= 0.3 is 0 Å². The summed E-state index contributed by atoms with van der Waals surface area (Å²) in [7, 11) is 0. The number of carbonyl (C=O) groups is 2. The summed E-state index contributed by atoms with van der Waals surface area (Å²) in [6, 6.07) is 1.65. The van der Waals surface area contributed by atoms with Crippen molar-refractivity contribution in [2.45, 2.75) is 13.1 Å². The summed E-state index contributed by atoms with van der Waals surface area (Å²) >= 11 is 4.78. The largest absolute Gasteiger partial charge is 0.324 e. The van der Waals surface area contributed by atoms with Crippen LogP contribution in [0.2, 0.25) is 0 Å². The molecule has 0 bridgehead atoms. The van der Waals surface area contributed by atoms with E-state index in [1.54, 1.807) is 28.6 Å². The third-order valence-electron chi connectivity index (χ3n) is 4.31. The van der Waals surface area contributed by atoms with Gasteiger partial charge in [-0.1, -0.05) is 0 Å². The number of aromatic nitrogens is 3. The Morgan fingerprint density at radius 2 is 2.14 bits per heavy atom. The number of carbonyl (C=O) groups excluding carboxylic acids is 2. The van der Waals surface area contributed by atoms with E-state index in [-0.39, 0.29) is 31.4 Å². The van der Waals surface area contributed by atoms with Crippen molar-refractivity contribution in [2.75, 3.05) is 30.3 Å². The lowest BCUT2D eigenvalue weighted by Crippen LogP contribution is -2.51. The molecule has 0 aliphatic carbocycles. The number of pyridine rings is 1. The zero-order chi connectivity index (χ0) is 19.8. The number of thiazole rings is 1. The highest BCUT2D eigenvalue weighted by molar-refractivity contribution is 9.11. The molecule has 1 saturated heterocycles. The number of alkyl halides is 1. The Morgan fingerprint density at radius 3 is 2.89 bits per heavy atom. The highest BCUT2D eigenvalue weighted by Gasteiger charge is 2.27. The maximum absolute atomic E-state index is 12.8. The van der Waals surface area contributed by atoms with Gasteiger partial charge in [0.2, 0.25) is 5.91 Å². The van der Waals surface area contributed by atoms with E-state index in [1.807, 2.05) is 0 Å². The van der Waals surface area contributed by atoms with Gasteiger partial charge in [0, 0.05) is 13.1 Å². The van der Waals surface area contributed by atoms with Gasteiger partial charge in [-0.2, -0.15) is 5.10 Å². The summed E-state index contributed by atoms with van der Waals surface area (Å²) in [6.07, 6.45) is 3.96. The minimum absolute atomic E-state index is 0.123. The fourth-order valence-electron chi connectivity index (χ4n) is 2.87. The second-order valence-electron chi connectivity index (χ2n) is 6.49. The zero-order valence-corrected chi connectivity index (χ0v) is 17.2. The zero-order valence-electron chi connectivity index (χ0n) is 14.8. The normalized spacial score (nSPS) is 14.8. The Hall–Kier alpha value is -2.37. The van der Waals surface area contributed by atoms with Gasteiger partial charge in [0.05, 0.1) is 51.6 Å². The Bertz CT molecular complexity index is 1060. The number of halogens is 2. The predicted octanol–water partition coefficient (Wildman–Crippen LogP) is 2.71. The third kappa shape index (κ3) is 3.91. The highest BCUT2D eigenvalue weighted by Crippen LogP contribution is 2.27. The quantitative estimate of drug-likeness (QED) is 0.602. The average Bonchev–Trinajstić information content (AvgIpc) is 3.15. The van der Waals surface area contributed by atoms with E-state index in [9.17, 15) is 14.0 Å². The number of nitrogens with one attached hydrogen (secondary N) is 2. The van der Waals surface area contributed by atoms with Crippen LogP contribution in [0.25, 0.3) is 4.83 Å². The number of hydrogen-bond donors (Lipinski definition) is 2. The molecule has 3 aromatic rings. The highest BCUT2D eigenvalue weighted by atomic mass is 79.9. The number of fused-ring (bicyclic) bond motifs is 1. The molecule has 0 radical (unpaired) electrons. The number of aryl methyl sites for hydroxylation is 1. The van der Waals surface area contributed by atoms with E-state index in [4.69, 9.17) is 0 Å². The minimum Gasteiger partial charge on any atom is -0.324 e. The van der Waals surface area contributed by atoms with Gasteiger partial charge in [0.25, 0.3) is 5.91 Å². The van der Waals surface area contributed by atoms with Gasteiger partial charge < -0.3 is 10.6 Å². The first-order valence-electron chi connectivity index (χ1n) is 8.46. The van der Waals surface area contributed by atoms with Crippen LogP contribution in [0.5, 0.6) is 0 Å². The number of anilines is 2. The summed E-state index contributed by atoms with van der Waals surface area (Å²) in [6.45, 7) is 2.44. The maximum Gasteiger partial charge on any atom is 0.260 e. The second kappa shape index (κ2) is 7.57. The molecule has 1 fully saturated rings. The standard InChI is InChI=1S/C17H16BrFN6O2S/c1-9-13(23-16(27)12-4-21-25-7-14(18)28-17(12)25)2-11(3-20-9)22-15(26)8-24-5-10(19)6-24/h2-4,7,10H,5-6,8H2,1H3,(H,22,26)(H,23,27). The average molecular weight is 467 g/mol. The van der Waals surface area contributed by atoms with Crippen LogP contribution in [-0.4, -0.2) is 57.1 Å². The van der Waals surface area contributed by atoms with Gasteiger partial charge in [0.1, 0.15) is 11.0 Å². The van der Waals surface area contributed by atoms with Gasteiger partial charge in [-0.05, 0) is 28.9 Å². The van der Waals surface area contributed by atoms with Crippen molar-refractivity contribution in [3.05, 3.63) is 39.7 Å². The molecule has 28 heavy (non-hydrogen) atoms. The lowest BCUT2D eigenvalue weighted by molar-refractivity contribution is -0.119. The molecule has 146 valence electrons. The molecule has 2 N–H and O–H groups in total. The summed E-state index contributed by atoms with van der Waals surface area (Å²) in [4.78, 5) is 31.4. The molecule has 3 aromatic heterocycles. The molecule has 8 nitrogen and oxygen atoms in total. The van der Waals surface area contributed by atoms with Crippen LogP contribution < -0.4 is 10.6 Å². The molecule has 0 unspecified atom stereocenters. The van der Waals surface area contributed by atoms with E-state index in [2.05, 4.69) is 36.6 Å². The van der Waals surface area contributed by atoms with Crippen molar-refractivity contribution >= 4 is 55.3 Å². The molecular formula is C17H16BrFN6O2S. The Labute approximate surface area is 171 Å². The number of rotatable bonds is 5. The lowest BCUT2D eigenvalue weighted by Gasteiger charge is -2.33. The maximum atomic E-state index is 12.8. The minimum atomic E-state index is -0.852. The van der Waals surface area contributed by atoms with Crippen molar-refractivity contribution in [2.24, 2.45) is 0 Å². The molecule has 0 aromatic carbocycles. The molecule has 1 aliphatic rings. The van der Waals surface area contributed by atoms with Gasteiger partial charge in [-0.25, -0.2) is 8.91 Å². The third-order valence-corrected chi connectivity index (χ3v) is 5.90. The van der Waals surface area contributed by atoms with Crippen molar-refractivity contribution in [3.8, 4) is 0 Å². The molecule has 4 rings (SSSR count). The molecule has 4 heterocycles. The molecule has 0 atom stereocenters. The van der Waals surface area contributed by atoms with Crippen LogP contribution in [0.1, 0.15) is 16.1 Å². The molecule has 0 spiro atoms. The first kappa shape index (κ1) is 19.0. The van der Waals surface area contributed by atoms with E-state index in [1.165, 1.54) is 23.7 Å². The molecular weight excluding hydrogens is 451 g/mol. The second-order valence-corrected chi connectivity index (χ2v) is 8.90. The predicted molar refractivity (Wildman–Crippen MR) is 108 cm³/mol. The molecule has 11 heteroatoms. The van der Waals surface area contributed by atoms with Crippen LogP contribution >= 0.6 is 27.3 Å². The number of amides is 2. The van der Waals surface area contributed by atoms with E-state index >= 15 is 0 Å². The lowest BCUT2D eigenvalue weighted by atomic mass is 10.2. The van der Waals surface area contributed by atoms with E-state index < -0.39 is 6.17 Å². The fourth-order valence-corrected chi connectivity index (χ4v) is 4.31. The van der Waals surface area contributed by atoms with Crippen molar-refractivity contribution in [1.29, 1.82) is 0 Å². The molecule has 0 saturated carbocycles. The summed E-state index contributed by atoms with van der Waals surface area (Å²) in [5, 5.41) is 9.71. The van der Waals surface area contributed by atoms with Crippen LogP contribution in [0.4, 0.5) is 15.8 Å². The van der Waals surface area contributed by atoms with Crippen molar-refractivity contribution in [1.82, 2.24) is 19.5 Å². The van der Waals surface area contributed by atoms with Crippen LogP contribution in [0.15, 0.2) is 28.4 Å². The first-order valence-corrected chi connectivity index (χ1v) is 10.1. The summed E-state index contributed by atoms with van der Waals surface area (Å²) in [5.41, 5.74) is 2.01. The molecule has 2 amide bonds. The Kier molecular flexibility index (Phi) is 5.13. The topological polar surface area (TPSA) is 91.6 Å². The van der Waals surface area contributed by atoms with Crippen molar-refractivity contribution in [3.63, 3.8) is 0 Å². The van der Waals surface area contributed by atoms with Gasteiger partial charge in [-0.3, -0.25) is 19.5 Å². The van der Waals surface area contributed by atoms with Gasteiger partial charge in [-0.15, -0.1) is 11.3 Å². The van der Waals surface area contributed by atoms with E-state index in [0.717, 1.165) is 8.62 Å². The van der Waals surface area contributed by atoms with E-state index in [0.29, 0.717) is 22.6 Å². The number of nitrogens with zero attached hydrogens (tertiary/aromatic N) is 4.